The summed E-state index contributed by atoms with van der Waals surface area (Å²) in [5.41, 5.74) is 1.81. The summed E-state index contributed by atoms with van der Waals surface area (Å²) in [5, 5.41) is 13.8. The maximum atomic E-state index is 9.81. The number of furan rings is 1. The fourth-order valence-corrected chi connectivity index (χ4v) is 1.36. The minimum atomic E-state index is -0.513. The summed E-state index contributed by atoms with van der Waals surface area (Å²) in [5.74, 6) is 0. The van der Waals surface area contributed by atoms with Gasteiger partial charge in [-0.2, -0.15) is 5.10 Å². The molecule has 14 heavy (non-hydrogen) atoms. The molecule has 1 N–H and O–H groups in total. The van der Waals surface area contributed by atoms with Gasteiger partial charge in [0.05, 0.1) is 24.8 Å². The van der Waals surface area contributed by atoms with Gasteiger partial charge in [-0.25, -0.2) is 0 Å². The summed E-state index contributed by atoms with van der Waals surface area (Å²) in [4.78, 5) is 0. The Labute approximate surface area is 81.8 Å². The van der Waals surface area contributed by atoms with Crippen molar-refractivity contribution in [2.24, 2.45) is 7.05 Å². The highest BCUT2D eigenvalue weighted by molar-refractivity contribution is 5.14. The Morgan fingerprint density at radius 1 is 1.64 bits per heavy atom. The monoisotopic (exact) mass is 192 g/mol. The molecule has 0 radical (unpaired) electrons. The fraction of sp³-hybridized carbons (Fsp3) is 0.300. The largest absolute Gasteiger partial charge is 0.472 e. The minimum Gasteiger partial charge on any atom is -0.472 e. The Hall–Kier alpha value is -1.55. The molecular weight excluding hydrogens is 180 g/mol. The van der Waals surface area contributed by atoms with E-state index in [1.54, 1.807) is 23.4 Å². The smallest absolute Gasteiger partial charge is 0.0935 e. The van der Waals surface area contributed by atoms with Crippen molar-refractivity contribution in [3.8, 4) is 0 Å². The van der Waals surface area contributed by atoms with Crippen LogP contribution in [0, 0.1) is 0 Å². The molecule has 1 atom stereocenters. The molecule has 0 saturated heterocycles. The highest BCUT2D eigenvalue weighted by atomic mass is 16.3. The van der Waals surface area contributed by atoms with E-state index < -0.39 is 6.10 Å². The van der Waals surface area contributed by atoms with Gasteiger partial charge in [0.1, 0.15) is 0 Å². The lowest BCUT2D eigenvalue weighted by Gasteiger charge is -2.05. The van der Waals surface area contributed by atoms with E-state index in [2.05, 4.69) is 5.10 Å². The van der Waals surface area contributed by atoms with E-state index in [1.165, 1.54) is 0 Å². The maximum Gasteiger partial charge on any atom is 0.0935 e. The molecule has 1 unspecified atom stereocenters. The first-order valence-corrected chi connectivity index (χ1v) is 4.43. The van der Waals surface area contributed by atoms with Gasteiger partial charge < -0.3 is 9.52 Å². The van der Waals surface area contributed by atoms with Crippen molar-refractivity contribution in [3.05, 3.63) is 42.1 Å². The van der Waals surface area contributed by atoms with Crippen LogP contribution >= 0.6 is 0 Å². The predicted octanol–water partition coefficient (Wildman–Crippen LogP) is 1.29. The first-order chi connectivity index (χ1) is 6.75. The Morgan fingerprint density at radius 3 is 3.07 bits per heavy atom. The Balaban J connectivity index is 2.06. The molecule has 0 amide bonds. The summed E-state index contributed by atoms with van der Waals surface area (Å²) < 4.78 is 6.60. The van der Waals surface area contributed by atoms with E-state index >= 15 is 0 Å². The Kier molecular flexibility index (Phi) is 2.37. The molecule has 2 rings (SSSR count). The number of aliphatic hydroxyl groups excluding tert-OH is 1. The second-order valence-electron chi connectivity index (χ2n) is 3.30. The molecule has 4 nitrogen and oxygen atoms in total. The number of aromatic nitrogens is 2. The number of hydrogen-bond donors (Lipinski definition) is 1. The molecule has 2 aromatic rings. The van der Waals surface area contributed by atoms with Crippen molar-refractivity contribution in [3.63, 3.8) is 0 Å². The Bertz CT molecular complexity index is 392. The number of aliphatic hydroxyl groups is 1. The van der Waals surface area contributed by atoms with Gasteiger partial charge in [0.15, 0.2) is 0 Å². The van der Waals surface area contributed by atoms with E-state index in [9.17, 15) is 5.11 Å². The number of nitrogens with zero attached hydrogens (tertiary/aromatic N) is 2. The van der Waals surface area contributed by atoms with Crippen LogP contribution in [0.25, 0.3) is 0 Å². The van der Waals surface area contributed by atoms with Crippen molar-refractivity contribution in [2.45, 2.75) is 12.5 Å². The average molecular weight is 192 g/mol. The van der Waals surface area contributed by atoms with Gasteiger partial charge in [-0.3, -0.25) is 4.68 Å². The third-order valence-electron chi connectivity index (χ3n) is 2.12. The van der Waals surface area contributed by atoms with Gasteiger partial charge in [-0.15, -0.1) is 0 Å². The summed E-state index contributed by atoms with van der Waals surface area (Å²) >= 11 is 0. The molecule has 0 fully saturated rings. The zero-order chi connectivity index (χ0) is 9.97. The maximum absolute atomic E-state index is 9.81. The van der Waals surface area contributed by atoms with Crippen LogP contribution in [0.5, 0.6) is 0 Å². The molecule has 2 aromatic heterocycles. The molecule has 0 aliphatic heterocycles. The summed E-state index contributed by atoms with van der Waals surface area (Å²) in [6.45, 7) is 0. The zero-order valence-corrected chi connectivity index (χ0v) is 7.92. The van der Waals surface area contributed by atoms with E-state index in [-0.39, 0.29) is 0 Å². The molecule has 74 valence electrons. The normalized spacial score (nSPS) is 13.0. The molecule has 0 aliphatic rings. The predicted molar refractivity (Wildman–Crippen MR) is 50.6 cm³/mol. The van der Waals surface area contributed by atoms with Crippen LogP contribution < -0.4 is 0 Å². The zero-order valence-electron chi connectivity index (χ0n) is 7.92. The van der Waals surface area contributed by atoms with Crippen LogP contribution in [0.2, 0.25) is 0 Å². The molecule has 0 bridgehead atoms. The van der Waals surface area contributed by atoms with Crippen molar-refractivity contribution in [1.82, 2.24) is 9.78 Å². The molecular formula is C10H12N2O2. The minimum absolute atomic E-state index is 0.513. The van der Waals surface area contributed by atoms with Crippen molar-refractivity contribution >= 4 is 0 Å². The fourth-order valence-electron chi connectivity index (χ4n) is 1.36. The SMILES string of the molecule is Cn1cc(C(O)Cc2ccoc2)cn1. The molecule has 0 spiro atoms. The third-order valence-corrected chi connectivity index (χ3v) is 2.12. The van der Waals surface area contributed by atoms with Crippen LogP contribution in [0.4, 0.5) is 0 Å². The van der Waals surface area contributed by atoms with Crippen LogP contribution in [0.1, 0.15) is 17.2 Å². The van der Waals surface area contributed by atoms with E-state index in [0.29, 0.717) is 6.42 Å². The van der Waals surface area contributed by atoms with Gasteiger partial charge in [-0.05, 0) is 11.6 Å². The second-order valence-corrected chi connectivity index (χ2v) is 3.30. The first-order valence-electron chi connectivity index (χ1n) is 4.43. The molecule has 0 saturated carbocycles. The van der Waals surface area contributed by atoms with Gasteiger partial charge in [0.2, 0.25) is 0 Å². The quantitative estimate of drug-likeness (QED) is 0.797. The Morgan fingerprint density at radius 2 is 2.50 bits per heavy atom. The van der Waals surface area contributed by atoms with E-state index in [4.69, 9.17) is 4.42 Å². The first kappa shape index (κ1) is 9.02. The second kappa shape index (κ2) is 3.67. The van der Waals surface area contributed by atoms with Crippen molar-refractivity contribution in [2.75, 3.05) is 0 Å². The van der Waals surface area contributed by atoms with Gasteiger partial charge in [0.25, 0.3) is 0 Å². The molecule has 0 aliphatic carbocycles. The van der Waals surface area contributed by atoms with Crippen LogP contribution in [-0.2, 0) is 13.5 Å². The summed E-state index contributed by atoms with van der Waals surface area (Å²) in [6.07, 6.45) is 6.77. The summed E-state index contributed by atoms with van der Waals surface area (Å²) in [7, 11) is 1.83. The summed E-state index contributed by atoms with van der Waals surface area (Å²) in [6, 6.07) is 1.85. The number of rotatable bonds is 3. The molecule has 2 heterocycles. The number of aryl methyl sites for hydroxylation is 1. The van der Waals surface area contributed by atoms with Gasteiger partial charge >= 0.3 is 0 Å². The van der Waals surface area contributed by atoms with E-state index in [1.807, 2.05) is 19.3 Å². The highest BCUT2D eigenvalue weighted by Gasteiger charge is 2.10. The topological polar surface area (TPSA) is 51.2 Å². The lowest BCUT2D eigenvalue weighted by molar-refractivity contribution is 0.178. The average Bonchev–Trinajstić information content (AvgIpc) is 2.75. The van der Waals surface area contributed by atoms with Crippen LogP contribution in [-0.4, -0.2) is 14.9 Å². The lowest BCUT2D eigenvalue weighted by Crippen LogP contribution is -1.99. The number of hydrogen-bond acceptors (Lipinski definition) is 3. The van der Waals surface area contributed by atoms with Crippen molar-refractivity contribution < 1.29 is 9.52 Å². The van der Waals surface area contributed by atoms with Crippen molar-refractivity contribution in [1.29, 1.82) is 0 Å². The van der Waals surface area contributed by atoms with Crippen LogP contribution in [0.15, 0.2) is 35.4 Å². The van der Waals surface area contributed by atoms with Crippen LogP contribution in [0.3, 0.4) is 0 Å². The molecule has 0 aromatic carbocycles. The standard InChI is InChI=1S/C10H12N2O2/c1-12-6-9(5-11-12)10(13)4-8-2-3-14-7-8/h2-3,5-7,10,13H,4H2,1H3. The van der Waals surface area contributed by atoms with Gasteiger partial charge in [-0.1, -0.05) is 0 Å². The highest BCUT2D eigenvalue weighted by Crippen LogP contribution is 2.17. The van der Waals surface area contributed by atoms with Gasteiger partial charge in [0, 0.05) is 25.2 Å². The molecule has 4 heteroatoms. The lowest BCUT2D eigenvalue weighted by atomic mass is 10.1. The van der Waals surface area contributed by atoms with E-state index in [0.717, 1.165) is 11.1 Å². The third kappa shape index (κ3) is 1.85.